The molecule has 0 atom stereocenters. The zero-order valence-corrected chi connectivity index (χ0v) is 8.31. The van der Waals surface area contributed by atoms with E-state index in [9.17, 15) is 5.11 Å². The molecule has 6 heteroatoms. The Morgan fingerprint density at radius 1 is 1.47 bits per heavy atom. The minimum absolute atomic E-state index is 0.00225. The third-order valence-electron chi connectivity index (χ3n) is 1.75. The van der Waals surface area contributed by atoms with Crippen LogP contribution in [0.2, 0.25) is 5.02 Å². The van der Waals surface area contributed by atoms with Gasteiger partial charge in [0, 0.05) is 11.8 Å². The number of aromatic amines is 1. The van der Waals surface area contributed by atoms with E-state index >= 15 is 0 Å². The number of rotatable bonds is 2. The molecule has 2 aromatic rings. The topological polar surface area (TPSA) is 74.2 Å². The zero-order valence-electron chi connectivity index (χ0n) is 7.55. The van der Waals surface area contributed by atoms with Crippen LogP contribution in [0.1, 0.15) is 5.56 Å². The summed E-state index contributed by atoms with van der Waals surface area (Å²) < 4.78 is 0. The summed E-state index contributed by atoms with van der Waals surface area (Å²) in [6.07, 6.45) is 2.81. The van der Waals surface area contributed by atoms with Gasteiger partial charge < -0.3 is 5.11 Å². The standard InChI is InChI=1S/C9H7ClN4O/c10-7-3-1-2-6(8(7)15)4-11-9-12-5-13-14-9/h1-5,15H,(H,12,13,14). The summed E-state index contributed by atoms with van der Waals surface area (Å²) in [5.74, 6) is 0.372. The van der Waals surface area contributed by atoms with Gasteiger partial charge in [-0.25, -0.2) is 10.1 Å². The molecule has 5 nitrogen and oxygen atoms in total. The molecule has 0 aliphatic heterocycles. The van der Waals surface area contributed by atoms with E-state index in [4.69, 9.17) is 11.6 Å². The lowest BCUT2D eigenvalue weighted by Crippen LogP contribution is -1.82. The minimum atomic E-state index is 0.00225. The van der Waals surface area contributed by atoms with Gasteiger partial charge in [-0.3, -0.25) is 0 Å². The molecular weight excluding hydrogens is 216 g/mol. The van der Waals surface area contributed by atoms with Crippen LogP contribution in [-0.2, 0) is 0 Å². The molecule has 0 amide bonds. The number of nitrogens with zero attached hydrogens (tertiary/aromatic N) is 3. The van der Waals surface area contributed by atoms with E-state index in [-0.39, 0.29) is 10.8 Å². The van der Waals surface area contributed by atoms with Crippen molar-refractivity contribution < 1.29 is 5.11 Å². The van der Waals surface area contributed by atoms with Crippen molar-refractivity contribution in [1.29, 1.82) is 0 Å². The number of hydrogen-bond donors (Lipinski definition) is 2. The monoisotopic (exact) mass is 222 g/mol. The van der Waals surface area contributed by atoms with E-state index in [0.717, 1.165) is 0 Å². The van der Waals surface area contributed by atoms with Crippen molar-refractivity contribution in [2.24, 2.45) is 4.99 Å². The maximum absolute atomic E-state index is 9.56. The molecule has 0 bridgehead atoms. The SMILES string of the molecule is Oc1c(Cl)cccc1C=Nc1ncn[nH]1. The Bertz CT molecular complexity index is 481. The van der Waals surface area contributed by atoms with Crippen LogP contribution < -0.4 is 0 Å². The fourth-order valence-electron chi connectivity index (χ4n) is 1.03. The molecule has 1 heterocycles. The summed E-state index contributed by atoms with van der Waals surface area (Å²) in [7, 11) is 0. The van der Waals surface area contributed by atoms with Crippen molar-refractivity contribution in [1.82, 2.24) is 15.2 Å². The summed E-state index contributed by atoms with van der Waals surface area (Å²) in [5.41, 5.74) is 0.527. The Balaban J connectivity index is 2.28. The number of aromatic nitrogens is 3. The van der Waals surface area contributed by atoms with Crippen LogP contribution in [0.25, 0.3) is 0 Å². The first-order valence-electron chi connectivity index (χ1n) is 4.14. The van der Waals surface area contributed by atoms with E-state index in [0.29, 0.717) is 11.5 Å². The van der Waals surface area contributed by atoms with Crippen molar-refractivity contribution in [3.05, 3.63) is 35.1 Å². The number of phenolic OH excluding ortho intramolecular Hbond substituents is 1. The molecule has 0 radical (unpaired) electrons. The lowest BCUT2D eigenvalue weighted by molar-refractivity contribution is 0.475. The third kappa shape index (κ3) is 2.13. The molecule has 1 aromatic carbocycles. The molecule has 2 rings (SSSR count). The largest absolute Gasteiger partial charge is 0.506 e. The first-order valence-corrected chi connectivity index (χ1v) is 4.52. The third-order valence-corrected chi connectivity index (χ3v) is 2.05. The Kier molecular flexibility index (Phi) is 2.64. The van der Waals surface area contributed by atoms with Crippen LogP contribution in [0, 0.1) is 0 Å². The second-order valence-corrected chi connectivity index (χ2v) is 3.15. The highest BCUT2D eigenvalue weighted by molar-refractivity contribution is 6.32. The maximum atomic E-state index is 9.56. The number of H-pyrrole nitrogens is 1. The van der Waals surface area contributed by atoms with E-state index in [1.54, 1.807) is 18.2 Å². The van der Waals surface area contributed by atoms with Crippen molar-refractivity contribution in [3.63, 3.8) is 0 Å². The molecule has 0 fully saturated rings. The number of benzene rings is 1. The average molecular weight is 223 g/mol. The maximum Gasteiger partial charge on any atom is 0.245 e. The predicted molar refractivity (Wildman–Crippen MR) is 56.8 cm³/mol. The fraction of sp³-hybridized carbons (Fsp3) is 0. The van der Waals surface area contributed by atoms with Gasteiger partial charge in [-0.05, 0) is 12.1 Å². The minimum Gasteiger partial charge on any atom is -0.506 e. The molecule has 2 N–H and O–H groups in total. The molecule has 15 heavy (non-hydrogen) atoms. The summed E-state index contributed by atoms with van der Waals surface area (Å²) in [6.45, 7) is 0. The smallest absolute Gasteiger partial charge is 0.245 e. The van der Waals surface area contributed by atoms with Gasteiger partial charge in [0.05, 0.1) is 5.02 Å². The molecular formula is C9H7ClN4O. The predicted octanol–water partition coefficient (Wildman–Crippen LogP) is 1.91. The second kappa shape index (κ2) is 4.10. The highest BCUT2D eigenvalue weighted by Crippen LogP contribution is 2.25. The normalized spacial score (nSPS) is 11.0. The Morgan fingerprint density at radius 3 is 3.07 bits per heavy atom. The van der Waals surface area contributed by atoms with Crippen molar-refractivity contribution in [3.8, 4) is 5.75 Å². The average Bonchev–Trinajstić information content (AvgIpc) is 2.73. The molecule has 76 valence electrons. The van der Waals surface area contributed by atoms with Crippen LogP contribution in [0.4, 0.5) is 5.95 Å². The molecule has 0 saturated heterocycles. The van der Waals surface area contributed by atoms with Gasteiger partial charge in [0.1, 0.15) is 12.1 Å². The molecule has 0 spiro atoms. The van der Waals surface area contributed by atoms with Crippen LogP contribution in [0.3, 0.4) is 0 Å². The van der Waals surface area contributed by atoms with Crippen LogP contribution >= 0.6 is 11.6 Å². The van der Waals surface area contributed by atoms with Gasteiger partial charge in [0.25, 0.3) is 0 Å². The number of para-hydroxylation sites is 1. The summed E-state index contributed by atoms with van der Waals surface area (Å²) in [5, 5.41) is 16.0. The second-order valence-electron chi connectivity index (χ2n) is 2.74. The molecule has 0 aliphatic rings. The number of nitrogens with one attached hydrogen (secondary N) is 1. The Labute approximate surface area is 90.5 Å². The van der Waals surface area contributed by atoms with Gasteiger partial charge in [0.15, 0.2) is 0 Å². The van der Waals surface area contributed by atoms with Gasteiger partial charge in [-0.1, -0.05) is 17.7 Å². The van der Waals surface area contributed by atoms with Gasteiger partial charge in [-0.15, -0.1) is 0 Å². The number of hydrogen-bond acceptors (Lipinski definition) is 4. The zero-order chi connectivity index (χ0) is 10.7. The molecule has 0 unspecified atom stereocenters. The first kappa shape index (κ1) is 9.67. The Hall–Kier alpha value is -1.88. The summed E-state index contributed by atoms with van der Waals surface area (Å²) in [4.78, 5) is 7.77. The molecule has 1 aromatic heterocycles. The van der Waals surface area contributed by atoms with Crippen molar-refractivity contribution in [2.75, 3.05) is 0 Å². The lowest BCUT2D eigenvalue weighted by Gasteiger charge is -1.98. The number of aromatic hydroxyl groups is 1. The highest BCUT2D eigenvalue weighted by atomic mass is 35.5. The van der Waals surface area contributed by atoms with Crippen molar-refractivity contribution in [2.45, 2.75) is 0 Å². The van der Waals surface area contributed by atoms with E-state index in [1.165, 1.54) is 12.5 Å². The van der Waals surface area contributed by atoms with E-state index < -0.39 is 0 Å². The Morgan fingerprint density at radius 2 is 2.33 bits per heavy atom. The number of aliphatic imine (C=N–C) groups is 1. The van der Waals surface area contributed by atoms with E-state index in [2.05, 4.69) is 20.2 Å². The summed E-state index contributed by atoms with van der Waals surface area (Å²) in [6, 6.07) is 5.02. The summed E-state index contributed by atoms with van der Waals surface area (Å²) >= 11 is 5.73. The van der Waals surface area contributed by atoms with E-state index in [1.807, 2.05) is 0 Å². The number of halogens is 1. The van der Waals surface area contributed by atoms with Crippen molar-refractivity contribution >= 4 is 23.8 Å². The molecule has 0 saturated carbocycles. The van der Waals surface area contributed by atoms with Gasteiger partial charge in [-0.2, -0.15) is 10.1 Å². The van der Waals surface area contributed by atoms with Gasteiger partial charge >= 0.3 is 0 Å². The van der Waals surface area contributed by atoms with Crippen LogP contribution in [-0.4, -0.2) is 26.5 Å². The lowest BCUT2D eigenvalue weighted by atomic mass is 10.2. The number of phenols is 1. The van der Waals surface area contributed by atoms with Crippen LogP contribution in [0.5, 0.6) is 5.75 Å². The van der Waals surface area contributed by atoms with Crippen LogP contribution in [0.15, 0.2) is 29.5 Å². The highest BCUT2D eigenvalue weighted by Gasteiger charge is 2.02. The molecule has 0 aliphatic carbocycles. The fourth-order valence-corrected chi connectivity index (χ4v) is 1.21. The quantitative estimate of drug-likeness (QED) is 0.763. The first-order chi connectivity index (χ1) is 7.27. The van der Waals surface area contributed by atoms with Gasteiger partial charge in [0.2, 0.25) is 5.95 Å².